The third-order valence-electron chi connectivity index (χ3n) is 2.67. The number of fused-ring (bicyclic) bond motifs is 1. The molecule has 0 unspecified atom stereocenters. The minimum Gasteiger partial charge on any atom is -0.461 e. The fourth-order valence-corrected chi connectivity index (χ4v) is 2.13. The fraction of sp³-hybridized carbons (Fsp3) is 0.308. The Labute approximate surface area is 116 Å². The number of rotatable bonds is 4. The van der Waals surface area contributed by atoms with Crippen LogP contribution in [0.5, 0.6) is 5.75 Å². The van der Waals surface area contributed by atoms with Gasteiger partial charge in [0.2, 0.25) is 0 Å². The van der Waals surface area contributed by atoms with Crippen molar-refractivity contribution in [1.29, 1.82) is 0 Å². The molecule has 0 fully saturated rings. The second kappa shape index (κ2) is 6.12. The van der Waals surface area contributed by atoms with Gasteiger partial charge in [0, 0.05) is 12.4 Å². The first-order valence-electron chi connectivity index (χ1n) is 5.73. The first kappa shape index (κ1) is 13.2. The summed E-state index contributed by atoms with van der Waals surface area (Å²) in [5.41, 5.74) is 0.523. The summed E-state index contributed by atoms with van der Waals surface area (Å²) >= 11 is 11.7. The van der Waals surface area contributed by atoms with Crippen molar-refractivity contribution in [3.05, 3.63) is 41.2 Å². The highest BCUT2D eigenvalue weighted by Crippen LogP contribution is 2.27. The number of ether oxygens (including phenoxy) is 1. The molecule has 1 heterocycles. The van der Waals surface area contributed by atoms with Crippen LogP contribution in [-0.4, -0.2) is 23.2 Å². The molecular weight excluding hydrogens is 273 g/mol. The van der Waals surface area contributed by atoms with Gasteiger partial charge < -0.3 is 4.74 Å². The van der Waals surface area contributed by atoms with E-state index in [0.29, 0.717) is 28.9 Å². The monoisotopic (exact) mass is 285 g/mol. The number of para-hydroxylation sites is 1. The molecule has 0 N–H and O–H groups in total. The number of hydrogen-bond donors (Lipinski definition) is 0. The van der Waals surface area contributed by atoms with Gasteiger partial charge in [-0.05, 0) is 25.0 Å². The van der Waals surface area contributed by atoms with E-state index >= 15 is 0 Å². The summed E-state index contributed by atoms with van der Waals surface area (Å²) in [6.07, 6.45) is 3.05. The van der Waals surface area contributed by atoms with Crippen LogP contribution < -0.4 is 4.74 Å². The van der Waals surface area contributed by atoms with Crippen molar-refractivity contribution >= 4 is 29.1 Å². The average Bonchev–Trinajstić information content (AvgIpc) is 2.51. The van der Waals surface area contributed by atoms with Crippen LogP contribution >= 0.6 is 23.2 Å². The van der Waals surface area contributed by atoms with Gasteiger partial charge in [-0.15, -0.1) is 11.6 Å². The maximum absolute atomic E-state index is 12.3. The topological polar surface area (TPSA) is 29.5 Å². The molecule has 1 amide bonds. The number of carbonyl (C=O) groups is 1. The van der Waals surface area contributed by atoms with Crippen LogP contribution in [0.4, 0.5) is 0 Å². The van der Waals surface area contributed by atoms with Crippen LogP contribution in [0.2, 0.25) is 0 Å². The van der Waals surface area contributed by atoms with Gasteiger partial charge in [-0.2, -0.15) is 0 Å². The van der Waals surface area contributed by atoms with Gasteiger partial charge in [-0.3, -0.25) is 9.69 Å². The number of benzene rings is 1. The molecule has 1 aliphatic rings. The van der Waals surface area contributed by atoms with Gasteiger partial charge in [-0.1, -0.05) is 23.7 Å². The lowest BCUT2D eigenvalue weighted by Crippen LogP contribution is -2.28. The second-order valence-corrected chi connectivity index (χ2v) is 4.67. The van der Waals surface area contributed by atoms with Crippen molar-refractivity contribution in [2.45, 2.75) is 12.8 Å². The molecule has 18 heavy (non-hydrogen) atoms. The first-order valence-corrected chi connectivity index (χ1v) is 6.64. The van der Waals surface area contributed by atoms with Crippen LogP contribution in [0.25, 0.3) is 0 Å². The minimum atomic E-state index is -0.140. The van der Waals surface area contributed by atoms with Crippen molar-refractivity contribution < 1.29 is 9.53 Å². The Kier molecular flexibility index (Phi) is 4.50. The zero-order valence-electron chi connectivity index (χ0n) is 9.73. The number of nitrogens with zero attached hydrogens (tertiary/aromatic N) is 1. The molecule has 5 heteroatoms. The van der Waals surface area contributed by atoms with E-state index in [4.69, 9.17) is 27.9 Å². The normalized spacial score (nSPS) is 14.7. The van der Waals surface area contributed by atoms with Gasteiger partial charge in [0.05, 0.1) is 5.56 Å². The molecule has 0 saturated carbocycles. The molecule has 1 aliphatic heterocycles. The summed E-state index contributed by atoms with van der Waals surface area (Å²) in [6.45, 7) is 0.540. The molecule has 0 radical (unpaired) electrons. The maximum atomic E-state index is 12.3. The van der Waals surface area contributed by atoms with E-state index in [1.165, 1.54) is 11.2 Å². The number of unbranched alkanes of at least 4 members (excludes halogenated alkanes) is 1. The summed E-state index contributed by atoms with van der Waals surface area (Å²) in [6, 6.07) is 7.10. The summed E-state index contributed by atoms with van der Waals surface area (Å²) < 4.78 is 5.39. The molecule has 0 bridgehead atoms. The average molecular weight is 286 g/mol. The number of alkyl halides is 1. The highest BCUT2D eigenvalue weighted by Gasteiger charge is 2.24. The number of amides is 1. The van der Waals surface area contributed by atoms with Gasteiger partial charge in [0.25, 0.3) is 5.91 Å². The summed E-state index contributed by atoms with van der Waals surface area (Å²) in [7, 11) is 0. The van der Waals surface area contributed by atoms with Gasteiger partial charge in [0.15, 0.2) is 0 Å². The van der Waals surface area contributed by atoms with E-state index < -0.39 is 0 Å². The summed E-state index contributed by atoms with van der Waals surface area (Å²) in [5.74, 6) is 0.968. The Hall–Kier alpha value is -1.19. The molecular formula is C13H13Cl2NO2. The lowest BCUT2D eigenvalue weighted by molar-refractivity contribution is 0.0816. The summed E-state index contributed by atoms with van der Waals surface area (Å²) in [5, 5.41) is 0.297. The molecule has 2 rings (SSSR count). The molecule has 0 atom stereocenters. The predicted octanol–water partition coefficient (Wildman–Crippen LogP) is 3.58. The first-order chi connectivity index (χ1) is 8.74. The van der Waals surface area contributed by atoms with Crippen molar-refractivity contribution in [1.82, 2.24) is 4.90 Å². The Morgan fingerprint density at radius 2 is 2.00 bits per heavy atom. The largest absolute Gasteiger partial charge is 0.461 e. The summed E-state index contributed by atoms with van der Waals surface area (Å²) in [4.78, 5) is 13.8. The van der Waals surface area contributed by atoms with E-state index in [-0.39, 0.29) is 5.91 Å². The standard InChI is InChI=1S/C13H13Cl2NO2/c14-7-3-4-8-16-12(15)9-18-11-6-2-1-5-10(11)13(16)17/h1-2,5-6,9H,3-4,7-8H2. The van der Waals surface area contributed by atoms with Crippen LogP contribution in [-0.2, 0) is 0 Å². The van der Waals surface area contributed by atoms with Gasteiger partial charge in [-0.25, -0.2) is 0 Å². The van der Waals surface area contributed by atoms with Crippen LogP contribution in [0.1, 0.15) is 23.2 Å². The molecule has 0 aromatic heterocycles. The zero-order chi connectivity index (χ0) is 13.0. The highest BCUT2D eigenvalue weighted by atomic mass is 35.5. The number of carbonyl (C=O) groups excluding carboxylic acids is 1. The van der Waals surface area contributed by atoms with Gasteiger partial charge in [0.1, 0.15) is 17.2 Å². The second-order valence-electron chi connectivity index (χ2n) is 3.91. The molecule has 0 spiro atoms. The zero-order valence-corrected chi connectivity index (χ0v) is 11.2. The quantitative estimate of drug-likeness (QED) is 0.481. The van der Waals surface area contributed by atoms with Crippen LogP contribution in [0.15, 0.2) is 35.7 Å². The van der Waals surface area contributed by atoms with E-state index in [2.05, 4.69) is 0 Å². The molecule has 0 saturated heterocycles. The van der Waals surface area contributed by atoms with E-state index in [9.17, 15) is 4.79 Å². The highest BCUT2D eigenvalue weighted by molar-refractivity contribution is 6.30. The smallest absolute Gasteiger partial charge is 0.262 e. The minimum absolute atomic E-state index is 0.140. The van der Waals surface area contributed by atoms with Crippen LogP contribution in [0.3, 0.4) is 0 Å². The fourth-order valence-electron chi connectivity index (χ4n) is 1.74. The third-order valence-corrected chi connectivity index (χ3v) is 3.23. The van der Waals surface area contributed by atoms with E-state index in [0.717, 1.165) is 12.8 Å². The number of halogens is 2. The van der Waals surface area contributed by atoms with Gasteiger partial charge >= 0.3 is 0 Å². The lowest BCUT2D eigenvalue weighted by atomic mass is 10.1. The Morgan fingerprint density at radius 3 is 2.78 bits per heavy atom. The molecule has 1 aromatic carbocycles. The Morgan fingerprint density at radius 1 is 1.22 bits per heavy atom. The molecule has 96 valence electrons. The predicted molar refractivity (Wildman–Crippen MR) is 72.0 cm³/mol. The van der Waals surface area contributed by atoms with E-state index in [1.807, 2.05) is 6.07 Å². The third kappa shape index (κ3) is 2.79. The molecule has 3 nitrogen and oxygen atoms in total. The molecule has 1 aromatic rings. The molecule has 0 aliphatic carbocycles. The van der Waals surface area contributed by atoms with Crippen molar-refractivity contribution in [3.8, 4) is 5.75 Å². The van der Waals surface area contributed by atoms with Crippen molar-refractivity contribution in [2.75, 3.05) is 12.4 Å². The Balaban J connectivity index is 2.22. The van der Waals surface area contributed by atoms with Crippen molar-refractivity contribution in [3.63, 3.8) is 0 Å². The number of hydrogen-bond acceptors (Lipinski definition) is 2. The SMILES string of the molecule is O=C1c2ccccc2OC=C(Cl)N1CCCCCl. The van der Waals surface area contributed by atoms with E-state index in [1.54, 1.807) is 18.2 Å². The van der Waals surface area contributed by atoms with Crippen molar-refractivity contribution in [2.24, 2.45) is 0 Å². The Bertz CT molecular complexity index is 474. The van der Waals surface area contributed by atoms with Crippen LogP contribution in [0, 0.1) is 0 Å². The maximum Gasteiger partial charge on any atom is 0.262 e. The lowest BCUT2D eigenvalue weighted by Gasteiger charge is -2.19.